The lowest BCUT2D eigenvalue weighted by Crippen LogP contribution is -2.53. The monoisotopic (exact) mass is 405 g/mol. The minimum Gasteiger partial charge on any atom is -0.490 e. The minimum atomic E-state index is -0.397. The molecule has 1 aliphatic carbocycles. The van der Waals surface area contributed by atoms with Gasteiger partial charge in [0.2, 0.25) is 11.8 Å². The molecule has 0 radical (unpaired) electrons. The molecule has 8 nitrogen and oxygen atoms in total. The van der Waals surface area contributed by atoms with E-state index in [-0.39, 0.29) is 36.6 Å². The summed E-state index contributed by atoms with van der Waals surface area (Å²) in [6.45, 7) is 5.15. The van der Waals surface area contributed by atoms with Crippen LogP contribution in [-0.4, -0.2) is 49.1 Å². The Kier molecular flexibility index (Phi) is 7.13. The average Bonchev–Trinajstić information content (AvgIpc) is 3.51. The van der Waals surface area contributed by atoms with Gasteiger partial charge in [-0.15, -0.1) is 0 Å². The zero-order valence-electron chi connectivity index (χ0n) is 16.9. The Hall–Kier alpha value is -2.55. The van der Waals surface area contributed by atoms with E-state index in [1.165, 1.54) is 6.07 Å². The molecule has 2 N–H and O–H groups in total. The predicted octanol–water partition coefficient (Wildman–Crippen LogP) is 2.37. The van der Waals surface area contributed by atoms with E-state index in [0.29, 0.717) is 24.8 Å². The molecule has 1 aromatic rings. The van der Waals surface area contributed by atoms with Gasteiger partial charge in [0.15, 0.2) is 11.6 Å². The molecule has 1 aliphatic heterocycles. The van der Waals surface area contributed by atoms with E-state index in [9.17, 15) is 14.0 Å². The summed E-state index contributed by atoms with van der Waals surface area (Å²) in [5.74, 6) is -0.0283. The molecule has 2 fully saturated rings. The van der Waals surface area contributed by atoms with Crippen LogP contribution in [0.3, 0.4) is 0 Å². The van der Waals surface area contributed by atoms with Gasteiger partial charge in [-0.3, -0.25) is 25.2 Å². The van der Waals surface area contributed by atoms with Crippen molar-refractivity contribution < 1.29 is 18.7 Å². The third-order valence-electron chi connectivity index (χ3n) is 5.22. The van der Waals surface area contributed by atoms with Crippen LogP contribution in [0.2, 0.25) is 0 Å². The first-order chi connectivity index (χ1) is 14.0. The van der Waals surface area contributed by atoms with Gasteiger partial charge in [0.25, 0.3) is 0 Å². The molecule has 1 aromatic carbocycles. The first kappa shape index (κ1) is 21.2. The molecule has 0 bridgehead atoms. The zero-order chi connectivity index (χ0) is 20.8. The van der Waals surface area contributed by atoms with Crippen LogP contribution < -0.4 is 15.5 Å². The number of carbonyl (C=O) groups excluding carboxylic acids is 2. The number of carbonyl (C=O) groups is 2. The van der Waals surface area contributed by atoms with E-state index in [0.717, 1.165) is 24.8 Å². The quantitative estimate of drug-likeness (QED) is 0.354. The predicted molar refractivity (Wildman–Crippen MR) is 105 cm³/mol. The van der Waals surface area contributed by atoms with Gasteiger partial charge in [-0.1, -0.05) is 18.2 Å². The lowest BCUT2D eigenvalue weighted by atomic mass is 9.96. The van der Waals surface area contributed by atoms with Crippen molar-refractivity contribution in [2.75, 3.05) is 26.2 Å². The molecule has 158 valence electrons. The maximum absolute atomic E-state index is 14.0. The molecule has 0 spiro atoms. The molecule has 2 atom stereocenters. The number of benzene rings is 1. The number of hydrogen-bond donors (Lipinski definition) is 2. The van der Waals surface area contributed by atoms with E-state index in [2.05, 4.69) is 28.0 Å². The summed E-state index contributed by atoms with van der Waals surface area (Å²) >= 11 is 0. The van der Waals surface area contributed by atoms with Crippen molar-refractivity contribution in [2.24, 2.45) is 16.3 Å². The van der Waals surface area contributed by atoms with Crippen molar-refractivity contribution in [3.8, 4) is 5.75 Å². The Morgan fingerprint density at radius 1 is 1.31 bits per heavy atom. The van der Waals surface area contributed by atoms with Crippen molar-refractivity contribution in [3.63, 3.8) is 0 Å². The number of rotatable bonds is 10. The van der Waals surface area contributed by atoms with Crippen molar-refractivity contribution in [1.29, 1.82) is 0 Å². The highest BCUT2D eigenvalue weighted by Gasteiger charge is 2.26. The zero-order valence-corrected chi connectivity index (χ0v) is 16.9. The van der Waals surface area contributed by atoms with Gasteiger partial charge >= 0.3 is 0 Å². The molecule has 29 heavy (non-hydrogen) atoms. The number of imide groups is 1. The smallest absolute Gasteiger partial charge is 0.240 e. The fraction of sp³-hybridized carbons (Fsp3) is 0.600. The second kappa shape index (κ2) is 9.78. The van der Waals surface area contributed by atoms with Crippen LogP contribution in [0, 0.1) is 11.7 Å². The molecular weight excluding hydrogens is 377 g/mol. The summed E-state index contributed by atoms with van der Waals surface area (Å²) in [6.07, 6.45) is 2.75. The van der Waals surface area contributed by atoms with E-state index < -0.39 is 6.17 Å². The first-order valence-corrected chi connectivity index (χ1v) is 10.1. The highest BCUT2D eigenvalue weighted by atomic mass is 19.1. The summed E-state index contributed by atoms with van der Waals surface area (Å²) in [4.78, 5) is 24.5. The van der Waals surface area contributed by atoms with Gasteiger partial charge in [-0.25, -0.2) is 4.39 Å². The van der Waals surface area contributed by atoms with Crippen molar-refractivity contribution >= 4 is 11.8 Å². The molecule has 1 saturated carbocycles. The summed E-state index contributed by atoms with van der Waals surface area (Å²) < 4.78 is 19.6. The average molecular weight is 405 g/mol. The summed E-state index contributed by atoms with van der Waals surface area (Å²) in [6, 6.07) is 4.99. The minimum absolute atomic E-state index is 0.114. The second-order valence-corrected chi connectivity index (χ2v) is 7.64. The molecule has 1 saturated heterocycles. The first-order valence-electron chi connectivity index (χ1n) is 10.1. The number of amides is 2. The Balaban J connectivity index is 1.51. The summed E-state index contributed by atoms with van der Waals surface area (Å²) in [7, 11) is 0. The third kappa shape index (κ3) is 6.22. The fourth-order valence-electron chi connectivity index (χ4n) is 3.15. The number of ether oxygens (including phenoxy) is 1. The van der Waals surface area contributed by atoms with Crippen LogP contribution >= 0.6 is 0 Å². The van der Waals surface area contributed by atoms with E-state index in [1.807, 2.05) is 0 Å². The van der Waals surface area contributed by atoms with Crippen LogP contribution in [0.1, 0.15) is 44.6 Å². The number of piperazine rings is 1. The molecular formula is C20H28FN5O3. The van der Waals surface area contributed by atoms with E-state index >= 15 is 0 Å². The summed E-state index contributed by atoms with van der Waals surface area (Å²) in [5, 5.41) is 10.4. The highest BCUT2D eigenvalue weighted by molar-refractivity contribution is 5.99. The number of nitrogens with zero attached hydrogens (tertiary/aromatic N) is 3. The van der Waals surface area contributed by atoms with Crippen molar-refractivity contribution in [3.05, 3.63) is 29.6 Å². The Labute approximate surface area is 169 Å². The fourth-order valence-corrected chi connectivity index (χ4v) is 3.15. The number of halogens is 1. The Morgan fingerprint density at radius 3 is 2.69 bits per heavy atom. The molecule has 9 heteroatoms. The SMILES string of the molecule is CC[C@@H](CN/N=N\C(C)N1CC(=O)NC(=O)C1)c1ccc(F)c(OCC2CC2)c1. The molecule has 2 amide bonds. The summed E-state index contributed by atoms with van der Waals surface area (Å²) in [5.41, 5.74) is 3.91. The maximum atomic E-state index is 14.0. The van der Waals surface area contributed by atoms with Gasteiger partial charge in [0, 0.05) is 12.5 Å². The van der Waals surface area contributed by atoms with Crippen LogP contribution in [0.25, 0.3) is 0 Å². The molecule has 3 rings (SSSR count). The number of nitrogens with one attached hydrogen (secondary N) is 2. The van der Waals surface area contributed by atoms with Crippen LogP contribution in [0.5, 0.6) is 5.75 Å². The molecule has 1 heterocycles. The van der Waals surface area contributed by atoms with Crippen LogP contribution in [0.4, 0.5) is 4.39 Å². The third-order valence-corrected chi connectivity index (χ3v) is 5.22. The Morgan fingerprint density at radius 2 is 2.03 bits per heavy atom. The van der Waals surface area contributed by atoms with Gasteiger partial charge in [-0.2, -0.15) is 5.11 Å². The molecule has 1 unspecified atom stereocenters. The van der Waals surface area contributed by atoms with E-state index in [1.54, 1.807) is 24.0 Å². The van der Waals surface area contributed by atoms with Crippen LogP contribution in [0.15, 0.2) is 28.5 Å². The molecule has 0 aromatic heterocycles. The van der Waals surface area contributed by atoms with Crippen molar-refractivity contribution in [1.82, 2.24) is 15.6 Å². The van der Waals surface area contributed by atoms with Gasteiger partial charge < -0.3 is 4.74 Å². The Bertz CT molecular complexity index is 752. The molecule has 2 aliphatic rings. The van der Waals surface area contributed by atoms with Gasteiger partial charge in [0.05, 0.1) is 19.7 Å². The second-order valence-electron chi connectivity index (χ2n) is 7.64. The van der Waals surface area contributed by atoms with Gasteiger partial charge in [0.1, 0.15) is 6.17 Å². The lowest BCUT2D eigenvalue weighted by molar-refractivity contribution is -0.136. The van der Waals surface area contributed by atoms with Crippen molar-refractivity contribution in [2.45, 2.75) is 45.2 Å². The van der Waals surface area contributed by atoms with Gasteiger partial charge in [-0.05, 0) is 49.8 Å². The van der Waals surface area contributed by atoms with E-state index in [4.69, 9.17) is 4.74 Å². The standard InChI is InChI=1S/C20H28FN5O3/c1-3-15(16-6-7-17(21)18(8-16)29-12-14-4-5-14)9-22-25-24-13(2)26-10-19(27)23-20(28)11-26/h6-8,13-15H,3-5,9-12H2,1-2H3,(H,22,24)(H,23,27,28)/t13?,15-/m0/s1. The maximum Gasteiger partial charge on any atom is 0.240 e. The van der Waals surface area contributed by atoms with Crippen LogP contribution in [-0.2, 0) is 9.59 Å². The lowest BCUT2D eigenvalue weighted by Gasteiger charge is -2.27. The largest absolute Gasteiger partial charge is 0.490 e. The highest BCUT2D eigenvalue weighted by Crippen LogP contribution is 2.31. The topological polar surface area (TPSA) is 95.4 Å². The normalized spacial score (nSPS) is 19.8. The number of hydrogen-bond acceptors (Lipinski definition) is 6.